The molecule has 4 aromatic rings. The molecule has 0 radical (unpaired) electrons. The predicted molar refractivity (Wildman–Crippen MR) is 139 cm³/mol. The van der Waals surface area contributed by atoms with Crippen LogP contribution in [-0.4, -0.2) is 49.0 Å². The Balaban J connectivity index is 1.25. The molecule has 0 bridgehead atoms. The Hall–Kier alpha value is -3.52. The van der Waals surface area contributed by atoms with Crippen molar-refractivity contribution < 1.29 is 0 Å². The highest BCUT2D eigenvalue weighted by atomic mass is 16.1. The molecule has 0 unspecified atom stereocenters. The van der Waals surface area contributed by atoms with Gasteiger partial charge in [-0.2, -0.15) is 0 Å². The van der Waals surface area contributed by atoms with Gasteiger partial charge in [0.1, 0.15) is 5.82 Å². The zero-order valence-corrected chi connectivity index (χ0v) is 20.6. The minimum absolute atomic E-state index is 0.0186. The van der Waals surface area contributed by atoms with Crippen LogP contribution >= 0.6 is 0 Å². The Bertz CT molecular complexity index is 1360. The lowest BCUT2D eigenvalue weighted by atomic mass is 9.80. The zero-order chi connectivity index (χ0) is 24.4. The van der Waals surface area contributed by atoms with E-state index in [1.54, 1.807) is 0 Å². The molecule has 0 saturated heterocycles. The maximum atomic E-state index is 12.3. The van der Waals surface area contributed by atoms with Gasteiger partial charge in [0.05, 0.1) is 40.5 Å². The molecular weight excluding hydrogens is 438 g/mol. The van der Waals surface area contributed by atoms with Crippen LogP contribution in [0.25, 0.3) is 22.4 Å². The van der Waals surface area contributed by atoms with E-state index in [1.165, 1.54) is 12.8 Å². The molecule has 8 heteroatoms. The molecule has 1 saturated carbocycles. The lowest BCUT2D eigenvalue weighted by molar-refractivity contribution is 0.0690. The second-order valence-electron chi connectivity index (χ2n) is 9.59. The monoisotopic (exact) mass is 471 g/mol. The Kier molecular flexibility index (Phi) is 6.63. The predicted octanol–water partition coefficient (Wildman–Crippen LogP) is 4.29. The van der Waals surface area contributed by atoms with Gasteiger partial charge < -0.3 is 15.3 Å². The lowest BCUT2D eigenvalue weighted by Crippen LogP contribution is -2.47. The third kappa shape index (κ3) is 5.12. The van der Waals surface area contributed by atoms with Crippen molar-refractivity contribution in [3.63, 3.8) is 0 Å². The molecule has 0 spiro atoms. The quantitative estimate of drug-likeness (QED) is 0.337. The van der Waals surface area contributed by atoms with Crippen LogP contribution < -0.4 is 10.9 Å². The number of hydrogen-bond acceptors (Lipinski definition) is 6. The van der Waals surface area contributed by atoms with Crippen LogP contribution in [0, 0.1) is 12.8 Å². The molecule has 5 rings (SSSR count). The van der Waals surface area contributed by atoms with Crippen LogP contribution in [0.2, 0.25) is 0 Å². The molecule has 3 N–H and O–H groups in total. The van der Waals surface area contributed by atoms with Crippen molar-refractivity contribution in [2.45, 2.75) is 52.6 Å². The van der Waals surface area contributed by atoms with E-state index in [9.17, 15) is 4.79 Å². The van der Waals surface area contributed by atoms with Gasteiger partial charge in [-0.25, -0.2) is 4.98 Å². The fourth-order valence-electron chi connectivity index (χ4n) is 4.86. The van der Waals surface area contributed by atoms with Crippen LogP contribution in [0.4, 0.5) is 5.69 Å². The number of H-pyrrole nitrogens is 2. The molecule has 1 aliphatic carbocycles. The molecule has 4 heterocycles. The fraction of sp³-hybridized carbons (Fsp3) is 0.407. The average Bonchev–Trinajstić information content (AvgIpc) is 3.29. The minimum atomic E-state index is -0.0186. The highest BCUT2D eigenvalue weighted by Gasteiger charge is 2.32. The summed E-state index contributed by atoms with van der Waals surface area (Å²) in [6.07, 6.45) is 8.83. The number of hydrogen-bond donors (Lipinski definition) is 3. The Morgan fingerprint density at radius 2 is 1.97 bits per heavy atom. The molecular formula is C27H33N7O. The number of pyridine rings is 3. The van der Waals surface area contributed by atoms with Crippen molar-refractivity contribution in [1.82, 2.24) is 29.8 Å². The van der Waals surface area contributed by atoms with Crippen molar-refractivity contribution in [1.29, 1.82) is 0 Å². The number of anilines is 1. The van der Waals surface area contributed by atoms with Crippen LogP contribution in [0.1, 0.15) is 43.6 Å². The van der Waals surface area contributed by atoms with Crippen LogP contribution in [0.5, 0.6) is 0 Å². The average molecular weight is 472 g/mol. The molecule has 4 aromatic heterocycles. The van der Waals surface area contributed by atoms with Crippen molar-refractivity contribution in [3.8, 4) is 11.4 Å². The normalized spacial score (nSPS) is 17.6. The van der Waals surface area contributed by atoms with Gasteiger partial charge in [0.2, 0.25) is 0 Å². The van der Waals surface area contributed by atoms with Crippen molar-refractivity contribution in [2.75, 3.05) is 18.4 Å². The van der Waals surface area contributed by atoms with Gasteiger partial charge in [-0.3, -0.25) is 19.7 Å². The van der Waals surface area contributed by atoms with E-state index in [-0.39, 0.29) is 5.56 Å². The third-order valence-electron chi connectivity index (χ3n) is 7.11. The van der Waals surface area contributed by atoms with Crippen LogP contribution in [0.3, 0.4) is 0 Å². The van der Waals surface area contributed by atoms with E-state index < -0.39 is 0 Å². The summed E-state index contributed by atoms with van der Waals surface area (Å²) >= 11 is 0. The first-order chi connectivity index (χ1) is 17.0. The van der Waals surface area contributed by atoms with Crippen LogP contribution in [0.15, 0.2) is 47.7 Å². The first-order valence-corrected chi connectivity index (χ1v) is 12.5. The van der Waals surface area contributed by atoms with Gasteiger partial charge in [0, 0.05) is 37.4 Å². The van der Waals surface area contributed by atoms with Crippen molar-refractivity contribution in [3.05, 3.63) is 70.2 Å². The number of aromatic amines is 2. The molecule has 2 atom stereocenters. The Morgan fingerprint density at radius 3 is 2.63 bits per heavy atom. The second kappa shape index (κ2) is 10.00. The van der Waals surface area contributed by atoms with Gasteiger partial charge in [0.25, 0.3) is 5.56 Å². The summed E-state index contributed by atoms with van der Waals surface area (Å²) in [6, 6.07) is 8.61. The largest absolute Gasteiger partial charge is 0.383 e. The third-order valence-corrected chi connectivity index (χ3v) is 7.11. The summed E-state index contributed by atoms with van der Waals surface area (Å²) in [5, 5.41) is 3.52. The molecule has 1 fully saturated rings. The summed E-state index contributed by atoms with van der Waals surface area (Å²) in [7, 11) is 0. The number of imidazole rings is 1. The number of nitrogens with zero attached hydrogens (tertiary/aromatic N) is 4. The Morgan fingerprint density at radius 1 is 1.09 bits per heavy atom. The standard InChI is InChI=1S/C27H33N7O/c1-4-20-12-23-24(33-27(20)35)11-19(13-30-23)16-34(26-8-5-17(26)2)10-9-28-21-6-7-22(31-14-21)25-15-29-18(3)32-25/h6-7,11-15,17,26,28H,4-5,8-10,16H2,1-3H3,(H,29,32)(H,33,35)/t17-,26+/m0/s1. The minimum Gasteiger partial charge on any atom is -0.383 e. The van der Waals surface area contributed by atoms with E-state index in [4.69, 9.17) is 0 Å². The smallest absolute Gasteiger partial charge is 0.251 e. The van der Waals surface area contributed by atoms with Crippen LogP contribution in [-0.2, 0) is 13.0 Å². The summed E-state index contributed by atoms with van der Waals surface area (Å²) < 4.78 is 0. The molecule has 182 valence electrons. The highest BCUT2D eigenvalue weighted by molar-refractivity contribution is 5.74. The van der Waals surface area contributed by atoms with E-state index in [0.717, 1.165) is 64.7 Å². The molecule has 0 aromatic carbocycles. The first kappa shape index (κ1) is 23.2. The molecule has 0 aliphatic heterocycles. The maximum absolute atomic E-state index is 12.3. The summed E-state index contributed by atoms with van der Waals surface area (Å²) in [4.78, 5) is 34.5. The summed E-state index contributed by atoms with van der Waals surface area (Å²) in [6.45, 7) is 8.81. The topological polar surface area (TPSA) is 103 Å². The van der Waals surface area contributed by atoms with Crippen molar-refractivity contribution >= 4 is 16.7 Å². The SMILES string of the molecule is CCc1cc2ncc(CN(CCNc3ccc(-c4cnc(C)[nH]4)nc3)[C@@H]3CC[C@@H]3C)cc2[nH]c1=O. The van der Waals surface area contributed by atoms with Gasteiger partial charge in [0.15, 0.2) is 0 Å². The van der Waals surface area contributed by atoms with E-state index in [2.05, 4.69) is 54.2 Å². The zero-order valence-electron chi connectivity index (χ0n) is 20.6. The van der Waals surface area contributed by atoms with Gasteiger partial charge in [-0.1, -0.05) is 13.8 Å². The number of aromatic nitrogens is 5. The molecule has 35 heavy (non-hydrogen) atoms. The van der Waals surface area contributed by atoms with E-state index in [1.807, 2.05) is 44.6 Å². The number of nitrogens with one attached hydrogen (secondary N) is 3. The lowest BCUT2D eigenvalue weighted by Gasteiger charge is -2.43. The van der Waals surface area contributed by atoms with Gasteiger partial charge >= 0.3 is 0 Å². The number of aryl methyl sites for hydroxylation is 2. The number of rotatable bonds is 9. The summed E-state index contributed by atoms with van der Waals surface area (Å²) in [5.41, 5.74) is 6.34. The second-order valence-corrected chi connectivity index (χ2v) is 9.59. The fourth-order valence-corrected chi connectivity index (χ4v) is 4.86. The van der Waals surface area contributed by atoms with E-state index in [0.29, 0.717) is 18.4 Å². The van der Waals surface area contributed by atoms with Crippen molar-refractivity contribution in [2.24, 2.45) is 5.92 Å². The molecule has 1 aliphatic rings. The summed E-state index contributed by atoms with van der Waals surface area (Å²) in [5.74, 6) is 1.57. The maximum Gasteiger partial charge on any atom is 0.251 e. The van der Waals surface area contributed by atoms with E-state index >= 15 is 0 Å². The Labute approximate surface area is 205 Å². The number of fused-ring (bicyclic) bond motifs is 1. The molecule has 8 nitrogen and oxygen atoms in total. The van der Waals surface area contributed by atoms with Gasteiger partial charge in [-0.15, -0.1) is 0 Å². The molecule has 0 amide bonds. The van der Waals surface area contributed by atoms with Gasteiger partial charge in [-0.05, 0) is 61.9 Å². The first-order valence-electron chi connectivity index (χ1n) is 12.5. The highest BCUT2D eigenvalue weighted by Crippen LogP contribution is 2.32.